The van der Waals surface area contributed by atoms with Crippen LogP contribution < -0.4 is 0 Å². The lowest BCUT2D eigenvalue weighted by molar-refractivity contribution is 0.387. The molecule has 1 radical (unpaired) electrons. The molecule has 0 bridgehead atoms. The van der Waals surface area contributed by atoms with Gasteiger partial charge in [0, 0.05) is 25.5 Å². The quantitative estimate of drug-likeness (QED) is 0.560. The van der Waals surface area contributed by atoms with E-state index in [0.717, 1.165) is 13.1 Å². The van der Waals surface area contributed by atoms with Gasteiger partial charge >= 0.3 is 0 Å². The molecule has 0 amide bonds. The second kappa shape index (κ2) is 3.86. The Bertz CT molecular complexity index is 154. The maximum atomic E-state index is 3.66. The van der Waals surface area contributed by atoms with Crippen LogP contribution in [0.1, 0.15) is 0 Å². The van der Waals surface area contributed by atoms with Gasteiger partial charge in [0.15, 0.2) is 0 Å². The van der Waals surface area contributed by atoms with Crippen molar-refractivity contribution >= 4 is 0 Å². The molecule has 0 aromatic carbocycles. The topological polar surface area (TPSA) is 6.48 Å². The molecule has 0 spiro atoms. The van der Waals surface area contributed by atoms with Crippen LogP contribution in [0.4, 0.5) is 0 Å². The fourth-order valence-corrected chi connectivity index (χ4v) is 0.953. The fraction of sp³-hybridized carbons (Fsp3) is 0.222. The molecule has 0 aromatic rings. The average Bonchev–Trinajstić information content (AvgIpc) is 2.38. The minimum absolute atomic E-state index is 0.865. The standard InChI is InChI=1S/C9H13N2/c1-3-5-10-7-8-11(9-10)6-4-2/h3-4,7-9H,1-2,5-6H2. The summed E-state index contributed by atoms with van der Waals surface area (Å²) >= 11 is 0. The predicted octanol–water partition coefficient (Wildman–Crippen LogP) is 1.57. The molecule has 1 aliphatic heterocycles. The van der Waals surface area contributed by atoms with Gasteiger partial charge in [-0.2, -0.15) is 0 Å². The zero-order valence-corrected chi connectivity index (χ0v) is 6.61. The molecule has 0 saturated heterocycles. The molecule has 11 heavy (non-hydrogen) atoms. The highest BCUT2D eigenvalue weighted by Gasteiger charge is 2.08. The Morgan fingerprint density at radius 3 is 1.82 bits per heavy atom. The minimum Gasteiger partial charge on any atom is -0.349 e. The van der Waals surface area contributed by atoms with Crippen molar-refractivity contribution in [1.29, 1.82) is 0 Å². The van der Waals surface area contributed by atoms with E-state index in [-0.39, 0.29) is 0 Å². The molecule has 0 aliphatic carbocycles. The lowest BCUT2D eigenvalue weighted by Gasteiger charge is -2.16. The first-order valence-corrected chi connectivity index (χ1v) is 3.63. The summed E-state index contributed by atoms with van der Waals surface area (Å²) in [6.07, 6.45) is 7.78. The number of nitrogens with zero attached hydrogens (tertiary/aromatic N) is 2. The first-order valence-electron chi connectivity index (χ1n) is 3.63. The van der Waals surface area contributed by atoms with Gasteiger partial charge in [-0.3, -0.25) is 0 Å². The molecule has 1 heterocycles. The van der Waals surface area contributed by atoms with Crippen molar-refractivity contribution in [2.24, 2.45) is 0 Å². The van der Waals surface area contributed by atoms with Gasteiger partial charge in [0.1, 0.15) is 6.67 Å². The smallest absolute Gasteiger partial charge is 0.141 e. The molecule has 59 valence electrons. The maximum absolute atomic E-state index is 3.66. The number of rotatable bonds is 4. The summed E-state index contributed by atoms with van der Waals surface area (Å²) in [5.41, 5.74) is 0. The minimum atomic E-state index is 0.865. The first-order chi connectivity index (χ1) is 5.36. The van der Waals surface area contributed by atoms with Crippen molar-refractivity contribution in [1.82, 2.24) is 9.80 Å². The molecular weight excluding hydrogens is 136 g/mol. The van der Waals surface area contributed by atoms with Gasteiger partial charge in [0.2, 0.25) is 0 Å². The molecule has 0 fully saturated rings. The van der Waals surface area contributed by atoms with Crippen LogP contribution in [0.15, 0.2) is 37.7 Å². The Labute approximate surface area is 68.1 Å². The zero-order chi connectivity index (χ0) is 8.10. The second-order valence-electron chi connectivity index (χ2n) is 2.38. The summed E-state index contributed by atoms with van der Waals surface area (Å²) in [5.74, 6) is 0. The van der Waals surface area contributed by atoms with E-state index in [0.29, 0.717) is 0 Å². The number of hydrogen-bond donors (Lipinski definition) is 0. The molecule has 1 rings (SSSR count). The molecule has 0 saturated carbocycles. The van der Waals surface area contributed by atoms with Gasteiger partial charge in [0.25, 0.3) is 0 Å². The van der Waals surface area contributed by atoms with Crippen molar-refractivity contribution in [3.8, 4) is 0 Å². The Balaban J connectivity index is 2.30. The summed E-state index contributed by atoms with van der Waals surface area (Å²) in [6.45, 7) is 11.1. The van der Waals surface area contributed by atoms with Crippen LogP contribution in [0.5, 0.6) is 0 Å². The van der Waals surface area contributed by atoms with Crippen molar-refractivity contribution in [2.45, 2.75) is 0 Å². The Morgan fingerprint density at radius 2 is 1.45 bits per heavy atom. The SMILES string of the molecule is C=CCN1[CH]N(CC=C)C=C1. The van der Waals surface area contributed by atoms with Crippen molar-refractivity contribution in [2.75, 3.05) is 13.1 Å². The van der Waals surface area contributed by atoms with E-state index in [1.54, 1.807) is 0 Å². The Kier molecular flexibility index (Phi) is 2.78. The third kappa shape index (κ3) is 2.15. The summed E-state index contributed by atoms with van der Waals surface area (Å²) in [6, 6.07) is 0. The van der Waals surface area contributed by atoms with Gasteiger partial charge in [-0.05, 0) is 0 Å². The molecular formula is C9H13N2. The summed E-state index contributed by atoms with van der Waals surface area (Å²) < 4.78 is 0. The molecule has 1 aliphatic rings. The predicted molar refractivity (Wildman–Crippen MR) is 47.2 cm³/mol. The summed E-state index contributed by atoms with van der Waals surface area (Å²) in [7, 11) is 0. The molecule has 0 atom stereocenters. The lowest BCUT2D eigenvalue weighted by Crippen LogP contribution is -2.19. The van der Waals surface area contributed by atoms with Gasteiger partial charge < -0.3 is 9.80 Å². The van der Waals surface area contributed by atoms with Crippen molar-refractivity contribution in [3.05, 3.63) is 44.4 Å². The van der Waals surface area contributed by atoms with E-state index in [2.05, 4.69) is 23.0 Å². The Hall–Kier alpha value is -1.18. The summed E-state index contributed by atoms with van der Waals surface area (Å²) in [4.78, 5) is 4.13. The van der Waals surface area contributed by atoms with Gasteiger partial charge in [-0.1, -0.05) is 12.2 Å². The largest absolute Gasteiger partial charge is 0.349 e. The van der Waals surface area contributed by atoms with Crippen LogP contribution >= 0.6 is 0 Å². The first kappa shape index (κ1) is 7.92. The van der Waals surface area contributed by atoms with Crippen LogP contribution in [-0.2, 0) is 0 Å². The highest BCUT2D eigenvalue weighted by molar-refractivity contribution is 5.00. The molecule has 0 N–H and O–H groups in total. The van der Waals surface area contributed by atoms with E-state index in [1.807, 2.05) is 31.2 Å². The van der Waals surface area contributed by atoms with Crippen molar-refractivity contribution in [3.63, 3.8) is 0 Å². The van der Waals surface area contributed by atoms with Crippen LogP contribution in [0.3, 0.4) is 0 Å². The van der Waals surface area contributed by atoms with E-state index < -0.39 is 0 Å². The molecule has 0 aromatic heterocycles. The molecule has 2 nitrogen and oxygen atoms in total. The van der Waals surface area contributed by atoms with E-state index in [9.17, 15) is 0 Å². The third-order valence-electron chi connectivity index (χ3n) is 1.43. The molecule has 0 unspecified atom stereocenters. The third-order valence-corrected chi connectivity index (χ3v) is 1.43. The van der Waals surface area contributed by atoms with Crippen LogP contribution in [0.2, 0.25) is 0 Å². The van der Waals surface area contributed by atoms with Crippen LogP contribution in [-0.4, -0.2) is 22.9 Å². The van der Waals surface area contributed by atoms with Gasteiger partial charge in [-0.25, -0.2) is 0 Å². The normalized spacial score (nSPS) is 15.6. The lowest BCUT2D eigenvalue weighted by atomic mass is 10.5. The monoisotopic (exact) mass is 149 g/mol. The van der Waals surface area contributed by atoms with E-state index in [4.69, 9.17) is 0 Å². The number of hydrogen-bond acceptors (Lipinski definition) is 2. The second-order valence-corrected chi connectivity index (χ2v) is 2.38. The highest BCUT2D eigenvalue weighted by atomic mass is 15.3. The fourth-order valence-electron chi connectivity index (χ4n) is 0.953. The van der Waals surface area contributed by atoms with E-state index in [1.165, 1.54) is 0 Å². The van der Waals surface area contributed by atoms with E-state index >= 15 is 0 Å². The van der Waals surface area contributed by atoms with Gasteiger partial charge in [0.05, 0.1) is 0 Å². The molecule has 2 heteroatoms. The van der Waals surface area contributed by atoms with Crippen LogP contribution in [0.25, 0.3) is 0 Å². The highest BCUT2D eigenvalue weighted by Crippen LogP contribution is 2.09. The van der Waals surface area contributed by atoms with Gasteiger partial charge in [-0.15, -0.1) is 13.2 Å². The average molecular weight is 149 g/mol. The maximum Gasteiger partial charge on any atom is 0.141 e. The zero-order valence-electron chi connectivity index (χ0n) is 6.61. The van der Waals surface area contributed by atoms with Crippen molar-refractivity contribution < 1.29 is 0 Å². The van der Waals surface area contributed by atoms with Crippen LogP contribution in [0, 0.1) is 6.67 Å². The summed E-state index contributed by atoms with van der Waals surface area (Å²) in [5, 5.41) is 0. The Morgan fingerprint density at radius 1 is 1.00 bits per heavy atom.